The van der Waals surface area contributed by atoms with Crippen LogP contribution in [0.5, 0.6) is 0 Å². The van der Waals surface area contributed by atoms with Crippen molar-refractivity contribution < 1.29 is 15.0 Å². The number of hydrogen-bond acceptors (Lipinski definition) is 4. The number of nitriles is 1. The molecular weight excluding hydrogens is 749 g/mol. The van der Waals surface area contributed by atoms with Crippen molar-refractivity contribution in [3.05, 3.63) is 0 Å². The lowest BCUT2D eigenvalue weighted by atomic mass is 9.61. The number of nitrogens with zero attached hydrogens (tertiary/aromatic N) is 1. The Labute approximate surface area is 387 Å². The van der Waals surface area contributed by atoms with Crippen LogP contribution in [0.1, 0.15) is 255 Å². The van der Waals surface area contributed by atoms with E-state index in [1.165, 1.54) is 6.42 Å². The second kappa shape index (κ2) is 23.9. The topological polar surface area (TPSA) is 93.3 Å². The summed E-state index contributed by atoms with van der Waals surface area (Å²) < 4.78 is 0. The van der Waals surface area contributed by atoms with E-state index in [-0.39, 0.29) is 55.1 Å². The summed E-state index contributed by atoms with van der Waals surface area (Å²) in [6.45, 7) is 73.7. The largest absolute Gasteiger partial charge is 0.389 e. The second-order valence-corrected chi connectivity index (χ2v) is 29.6. The van der Waals surface area contributed by atoms with Gasteiger partial charge in [-0.05, 0) is 91.7 Å². The smallest absolute Gasteiger partial charge is 0.223 e. The minimum Gasteiger partial charge on any atom is -0.389 e. The van der Waals surface area contributed by atoms with Crippen LogP contribution in [0.4, 0.5) is 0 Å². The Kier molecular flexibility index (Phi) is 27.0. The lowest BCUT2D eigenvalue weighted by molar-refractivity contribution is -0.139. The summed E-state index contributed by atoms with van der Waals surface area (Å²) in [6, 6.07) is 2.28. The summed E-state index contributed by atoms with van der Waals surface area (Å²) in [4.78, 5) is 11.7. The van der Waals surface area contributed by atoms with E-state index < -0.39 is 11.2 Å². The molecular formula is C56H118N2O3. The molecule has 0 aromatic heterocycles. The van der Waals surface area contributed by atoms with Gasteiger partial charge in [0.25, 0.3) is 0 Å². The lowest BCUT2D eigenvalue weighted by Crippen LogP contribution is -2.52. The van der Waals surface area contributed by atoms with E-state index in [9.17, 15) is 15.0 Å². The van der Waals surface area contributed by atoms with Crippen molar-refractivity contribution >= 4 is 5.91 Å². The van der Waals surface area contributed by atoms with Crippen LogP contribution in [0, 0.1) is 89.2 Å². The quantitative estimate of drug-likeness (QED) is 0.257. The fourth-order valence-corrected chi connectivity index (χ4v) is 10.0. The minimum atomic E-state index is -0.625. The van der Waals surface area contributed by atoms with Crippen molar-refractivity contribution in [1.29, 1.82) is 5.26 Å². The molecule has 1 amide bonds. The Morgan fingerprint density at radius 1 is 0.492 bits per heavy atom. The molecule has 61 heavy (non-hydrogen) atoms. The average molecular weight is 868 g/mol. The molecule has 0 radical (unpaired) electrons. The van der Waals surface area contributed by atoms with E-state index in [4.69, 9.17) is 5.26 Å². The third kappa shape index (κ3) is 25.2. The Hall–Kier alpha value is -1.12. The molecule has 0 aromatic carbocycles. The molecule has 0 aliphatic rings. The highest BCUT2D eigenvalue weighted by molar-refractivity contribution is 5.79. The van der Waals surface area contributed by atoms with Crippen molar-refractivity contribution in [3.8, 4) is 6.07 Å². The number of carbonyl (C=O) groups is 1. The molecule has 0 bridgehead atoms. The number of rotatable bonds is 5. The van der Waals surface area contributed by atoms with Crippen molar-refractivity contribution in [2.75, 3.05) is 7.05 Å². The number of hydrogen-bond donors (Lipinski definition) is 3. The zero-order chi connectivity index (χ0) is 51.4. The predicted octanol–water partition coefficient (Wildman–Crippen LogP) is 16.8. The third-order valence-electron chi connectivity index (χ3n) is 13.3. The molecule has 0 fully saturated rings. The Bertz CT molecular complexity index is 1170. The first kappa shape index (κ1) is 68.9. The highest BCUT2D eigenvalue weighted by Crippen LogP contribution is 2.47. The molecule has 0 saturated carbocycles. The maximum absolute atomic E-state index is 11.7. The highest BCUT2D eigenvalue weighted by Gasteiger charge is 2.48. The van der Waals surface area contributed by atoms with E-state index >= 15 is 0 Å². The van der Waals surface area contributed by atoms with Gasteiger partial charge in [-0.25, -0.2) is 0 Å². The first-order valence-electron chi connectivity index (χ1n) is 23.9. The van der Waals surface area contributed by atoms with Gasteiger partial charge in [0, 0.05) is 19.4 Å². The first-order chi connectivity index (χ1) is 25.9. The fourth-order valence-electron chi connectivity index (χ4n) is 10.0. The summed E-state index contributed by atoms with van der Waals surface area (Å²) in [7, 11) is 1.70. The zero-order valence-corrected chi connectivity index (χ0v) is 48.7. The summed E-state index contributed by atoms with van der Waals surface area (Å²) in [6.07, 6.45) is 2.81. The van der Waals surface area contributed by atoms with Gasteiger partial charge in [0.2, 0.25) is 5.91 Å². The van der Waals surface area contributed by atoms with Crippen molar-refractivity contribution in [2.45, 2.75) is 266 Å². The summed E-state index contributed by atoms with van der Waals surface area (Å²) >= 11 is 0. The summed E-state index contributed by atoms with van der Waals surface area (Å²) in [5.41, 5.74) is -0.0970. The van der Waals surface area contributed by atoms with E-state index in [0.717, 1.165) is 18.3 Å². The van der Waals surface area contributed by atoms with Gasteiger partial charge >= 0.3 is 0 Å². The maximum Gasteiger partial charge on any atom is 0.223 e. The number of nitrogens with one attached hydrogen (secondary N) is 1. The Balaban J connectivity index is -0.000000214. The van der Waals surface area contributed by atoms with E-state index in [0.29, 0.717) is 23.2 Å². The normalized spacial score (nSPS) is 14.2. The van der Waals surface area contributed by atoms with Gasteiger partial charge in [-0.2, -0.15) is 5.26 Å². The van der Waals surface area contributed by atoms with Crippen LogP contribution < -0.4 is 5.32 Å². The average Bonchev–Trinajstić information content (AvgIpc) is 2.93. The number of aliphatic hydroxyl groups is 2. The first-order valence-corrected chi connectivity index (χ1v) is 23.9. The fraction of sp³-hybridized carbons (Fsp3) is 0.964. The van der Waals surface area contributed by atoms with Crippen molar-refractivity contribution in [2.24, 2.45) is 77.8 Å². The monoisotopic (exact) mass is 867 g/mol. The van der Waals surface area contributed by atoms with E-state index in [1.807, 2.05) is 6.92 Å². The van der Waals surface area contributed by atoms with Gasteiger partial charge in [0.05, 0.1) is 17.3 Å². The maximum atomic E-state index is 11.7. The molecule has 0 saturated heterocycles. The molecule has 0 aliphatic carbocycles. The van der Waals surface area contributed by atoms with Gasteiger partial charge < -0.3 is 15.5 Å². The third-order valence-corrected chi connectivity index (χ3v) is 13.3. The van der Waals surface area contributed by atoms with Crippen LogP contribution in [-0.4, -0.2) is 34.4 Å². The Morgan fingerprint density at radius 2 is 0.754 bits per heavy atom. The standard InChI is InChI=1S/C13H28.C11H23NO.C11H21N.C11H24O.C10H22O/c1-10(2)9-11(12(3,4)5)13(6,7)8;1-10(2,3)8(9(13)12-7)11(4,5)6;1-10(2,3)9(7-8-12)11(4,5)6;1-8-11(12,9(2,3)4)10(5,6)7;1-8(2,3)10(7,11)9(4,5)6/h10-11H,9H2,1-8H3;8H,1-7H3,(H,12,13);9H,7H2,1-6H3;12H,8H2,1-7H3;11H,1-7H3. The summed E-state index contributed by atoms with van der Waals surface area (Å²) in [5.74, 6) is 2.27. The lowest BCUT2D eigenvalue weighted by Gasteiger charge is -2.49. The van der Waals surface area contributed by atoms with Crippen LogP contribution in [0.15, 0.2) is 0 Å². The van der Waals surface area contributed by atoms with Gasteiger partial charge in [-0.15, -0.1) is 0 Å². The van der Waals surface area contributed by atoms with Crippen LogP contribution in [0.3, 0.4) is 0 Å². The molecule has 3 N–H and O–H groups in total. The zero-order valence-electron chi connectivity index (χ0n) is 48.7. The molecule has 0 aromatic rings. The van der Waals surface area contributed by atoms with Crippen LogP contribution >= 0.6 is 0 Å². The van der Waals surface area contributed by atoms with Crippen molar-refractivity contribution in [3.63, 3.8) is 0 Å². The molecule has 0 unspecified atom stereocenters. The predicted molar refractivity (Wildman–Crippen MR) is 275 cm³/mol. The van der Waals surface area contributed by atoms with Gasteiger partial charge in [0.15, 0.2) is 0 Å². The molecule has 0 rings (SSSR count). The highest BCUT2D eigenvalue weighted by atomic mass is 16.3. The molecule has 5 heteroatoms. The van der Waals surface area contributed by atoms with Crippen LogP contribution in [0.2, 0.25) is 0 Å². The molecule has 5 nitrogen and oxygen atoms in total. The summed E-state index contributed by atoms with van der Waals surface area (Å²) in [5, 5.41) is 32.1. The number of amides is 1. The van der Waals surface area contributed by atoms with Gasteiger partial charge in [0.1, 0.15) is 0 Å². The van der Waals surface area contributed by atoms with Gasteiger partial charge in [-0.3, -0.25) is 4.79 Å². The second-order valence-electron chi connectivity index (χ2n) is 29.6. The Morgan fingerprint density at radius 3 is 0.803 bits per heavy atom. The van der Waals surface area contributed by atoms with Crippen molar-refractivity contribution in [1.82, 2.24) is 5.32 Å². The van der Waals surface area contributed by atoms with Crippen LogP contribution in [-0.2, 0) is 4.79 Å². The molecule has 0 spiro atoms. The SMILES string of the molecule is CC(C)(C)C(C)(O)C(C)(C)C.CC(C)(C)C(CC#N)C(C)(C)C.CC(C)CC(C(C)(C)C)C(C)(C)C.CCC(O)(C(C)(C)C)C(C)(C)C.CNC(=O)C(C(C)(C)C)C(C)(C)C. The molecule has 0 heterocycles. The molecule has 0 aliphatic heterocycles. The van der Waals surface area contributed by atoms with E-state index in [2.05, 4.69) is 240 Å². The molecule has 370 valence electrons. The number of carbonyl (C=O) groups excluding carboxylic acids is 1. The minimum absolute atomic E-state index is 0.0122. The van der Waals surface area contributed by atoms with Crippen LogP contribution in [0.25, 0.3) is 0 Å². The van der Waals surface area contributed by atoms with Gasteiger partial charge in [-0.1, -0.05) is 228 Å². The van der Waals surface area contributed by atoms with E-state index in [1.54, 1.807) is 7.05 Å². The molecule has 0 atom stereocenters.